The van der Waals surface area contributed by atoms with Crippen LogP contribution in [-0.2, 0) is 4.79 Å². The molecule has 0 aromatic carbocycles. The van der Waals surface area contributed by atoms with Gasteiger partial charge in [-0.25, -0.2) is 0 Å². The lowest BCUT2D eigenvalue weighted by atomic mass is 10.7. The summed E-state index contributed by atoms with van der Waals surface area (Å²) in [4.78, 5) is 13.7. The molecule has 1 N–H and O–H groups in total. The van der Waals surface area contributed by atoms with Gasteiger partial charge >= 0.3 is 0 Å². The van der Waals surface area contributed by atoms with Crippen LogP contribution in [0.1, 0.15) is 0 Å². The van der Waals surface area contributed by atoms with Gasteiger partial charge in [-0.05, 0) is 0 Å². The number of aliphatic imine (C=N–C) groups is 1. The molecule has 0 aromatic heterocycles. The van der Waals surface area contributed by atoms with Crippen molar-refractivity contribution >= 4 is 23.7 Å². The van der Waals surface area contributed by atoms with Crippen molar-refractivity contribution in [3.8, 4) is 0 Å². The summed E-state index contributed by atoms with van der Waals surface area (Å²) in [6.45, 7) is 0.712. The van der Waals surface area contributed by atoms with E-state index in [1.165, 1.54) is 11.8 Å². The molecule has 1 atom stereocenters. The Labute approximate surface area is 51.6 Å². The van der Waals surface area contributed by atoms with Gasteiger partial charge < -0.3 is 5.32 Å². The Kier molecular flexibility index (Phi) is 1.91. The zero-order chi connectivity index (χ0) is 5.82. The lowest BCUT2D eigenvalue weighted by Crippen LogP contribution is -2.20. The van der Waals surface area contributed by atoms with E-state index in [4.69, 9.17) is 0 Å². The number of hydrogen-bond acceptors (Lipinski definition) is 4. The average Bonchev–Trinajstić information content (AvgIpc) is 2.19. The molecule has 3 nitrogen and oxygen atoms in total. The first-order valence-electron chi connectivity index (χ1n) is 2.27. The highest BCUT2D eigenvalue weighted by Gasteiger charge is 2.08. The van der Waals surface area contributed by atoms with Crippen molar-refractivity contribution < 1.29 is 4.79 Å². The van der Waals surface area contributed by atoms with Crippen LogP contribution >= 0.6 is 11.8 Å². The van der Waals surface area contributed by atoms with E-state index in [0.29, 0.717) is 6.54 Å². The zero-order valence-electron chi connectivity index (χ0n) is 4.20. The second-order valence-electron chi connectivity index (χ2n) is 1.38. The van der Waals surface area contributed by atoms with E-state index >= 15 is 0 Å². The number of nitrogens with zero attached hydrogens (tertiary/aromatic N) is 1. The second-order valence-corrected chi connectivity index (χ2v) is 2.42. The van der Waals surface area contributed by atoms with Crippen LogP contribution in [0.25, 0.3) is 0 Å². The molecule has 1 aliphatic heterocycles. The van der Waals surface area contributed by atoms with Gasteiger partial charge in [-0.3, -0.25) is 9.79 Å². The maximum absolute atomic E-state index is 9.83. The zero-order valence-corrected chi connectivity index (χ0v) is 5.02. The molecule has 1 unspecified atom stereocenters. The maximum Gasteiger partial charge on any atom is 0.178 e. The fraction of sp³-hybridized carbons (Fsp3) is 0.500. The van der Waals surface area contributed by atoms with Gasteiger partial charge in [0.15, 0.2) is 5.62 Å². The lowest BCUT2D eigenvalue weighted by Gasteiger charge is -2.00. The highest BCUT2D eigenvalue weighted by atomic mass is 32.2. The molecule has 1 aliphatic rings. The fourth-order valence-corrected chi connectivity index (χ4v) is 0.932. The van der Waals surface area contributed by atoms with E-state index in [1.54, 1.807) is 6.34 Å². The van der Waals surface area contributed by atoms with Gasteiger partial charge in [-0.1, -0.05) is 11.8 Å². The van der Waals surface area contributed by atoms with E-state index in [2.05, 4.69) is 10.3 Å². The summed E-state index contributed by atoms with van der Waals surface area (Å²) in [6.07, 6.45) is 1.63. The van der Waals surface area contributed by atoms with Gasteiger partial charge in [0, 0.05) is 0 Å². The van der Waals surface area contributed by atoms with Crippen molar-refractivity contribution in [2.45, 2.75) is 5.37 Å². The van der Waals surface area contributed by atoms with E-state index in [9.17, 15) is 4.79 Å². The first kappa shape index (κ1) is 5.62. The molecule has 0 aliphatic carbocycles. The van der Waals surface area contributed by atoms with Crippen molar-refractivity contribution in [1.82, 2.24) is 5.32 Å². The van der Waals surface area contributed by atoms with E-state index in [0.717, 1.165) is 5.62 Å². The van der Waals surface area contributed by atoms with Crippen molar-refractivity contribution in [2.24, 2.45) is 4.99 Å². The Morgan fingerprint density at radius 3 is 3.38 bits per heavy atom. The van der Waals surface area contributed by atoms with Gasteiger partial charge in [0.1, 0.15) is 0 Å². The normalized spacial score (nSPS) is 25.2. The van der Waals surface area contributed by atoms with Crippen LogP contribution in [0.5, 0.6) is 0 Å². The highest BCUT2D eigenvalue weighted by Crippen LogP contribution is 2.05. The molecule has 0 radical (unpaired) electrons. The standard InChI is InChI=1S/C4H6N2OS/c7-3-8-4-1-5-2-6-4/h2-4H,1H2,(H,5,6). The number of carbonyl (C=O) groups is 1. The first-order chi connectivity index (χ1) is 3.93. The lowest BCUT2D eigenvalue weighted by molar-refractivity contribution is 0.569. The molecular weight excluding hydrogens is 124 g/mol. The third kappa shape index (κ3) is 1.23. The third-order valence-electron chi connectivity index (χ3n) is 0.843. The Balaban J connectivity index is 2.19. The molecule has 0 saturated heterocycles. The van der Waals surface area contributed by atoms with Gasteiger partial charge in [0.2, 0.25) is 0 Å². The minimum atomic E-state index is 0.187. The van der Waals surface area contributed by atoms with Crippen LogP contribution in [0.4, 0.5) is 0 Å². The van der Waals surface area contributed by atoms with E-state index in [-0.39, 0.29) is 5.37 Å². The van der Waals surface area contributed by atoms with E-state index < -0.39 is 0 Å². The van der Waals surface area contributed by atoms with Crippen LogP contribution in [0, 0.1) is 0 Å². The fourth-order valence-electron chi connectivity index (χ4n) is 0.486. The minimum absolute atomic E-state index is 0.187. The van der Waals surface area contributed by atoms with Crippen LogP contribution in [-0.4, -0.2) is 23.9 Å². The topological polar surface area (TPSA) is 41.5 Å². The smallest absolute Gasteiger partial charge is 0.178 e. The molecule has 0 spiro atoms. The SMILES string of the molecule is O=CSC1CN=CN1. The molecule has 4 heteroatoms. The van der Waals surface area contributed by atoms with Gasteiger partial charge in [-0.2, -0.15) is 0 Å². The molecule has 8 heavy (non-hydrogen) atoms. The monoisotopic (exact) mass is 130 g/mol. The number of hydrogen-bond donors (Lipinski definition) is 1. The minimum Gasteiger partial charge on any atom is -0.362 e. The average molecular weight is 130 g/mol. The number of carbonyl (C=O) groups excluding carboxylic acids is 1. The number of nitrogens with one attached hydrogen (secondary N) is 1. The summed E-state index contributed by atoms with van der Waals surface area (Å²) >= 11 is 1.22. The van der Waals surface area contributed by atoms with Gasteiger partial charge in [0.25, 0.3) is 0 Å². The molecule has 0 fully saturated rings. The predicted octanol–water partition coefficient (Wildman–Crippen LogP) is -0.133. The second kappa shape index (κ2) is 2.71. The van der Waals surface area contributed by atoms with Crippen LogP contribution in [0.2, 0.25) is 0 Å². The quantitative estimate of drug-likeness (QED) is 0.529. The summed E-state index contributed by atoms with van der Waals surface area (Å²) in [7, 11) is 0. The molecule has 1 heterocycles. The molecule has 0 aromatic rings. The first-order valence-corrected chi connectivity index (χ1v) is 3.21. The highest BCUT2D eigenvalue weighted by molar-refractivity contribution is 8.12. The molecule has 1 rings (SSSR count). The largest absolute Gasteiger partial charge is 0.362 e. The Hall–Kier alpha value is -0.510. The molecular formula is C4H6N2OS. The van der Waals surface area contributed by atoms with Crippen molar-refractivity contribution in [3.63, 3.8) is 0 Å². The van der Waals surface area contributed by atoms with Crippen molar-refractivity contribution in [1.29, 1.82) is 0 Å². The van der Waals surface area contributed by atoms with Crippen LogP contribution < -0.4 is 5.32 Å². The molecule has 0 amide bonds. The van der Waals surface area contributed by atoms with E-state index in [1.807, 2.05) is 0 Å². The summed E-state index contributed by atoms with van der Waals surface area (Å²) < 4.78 is 0. The van der Waals surface area contributed by atoms with Crippen molar-refractivity contribution in [2.75, 3.05) is 6.54 Å². The van der Waals surface area contributed by atoms with Crippen LogP contribution in [0.3, 0.4) is 0 Å². The Bertz CT molecular complexity index is 107. The van der Waals surface area contributed by atoms with Crippen LogP contribution in [0.15, 0.2) is 4.99 Å². The number of thioether (sulfide) groups is 1. The molecule has 0 saturated carbocycles. The summed E-state index contributed by atoms with van der Waals surface area (Å²) in [5.41, 5.74) is 0.826. The predicted molar refractivity (Wildman–Crippen MR) is 34.6 cm³/mol. The number of rotatable bonds is 2. The molecule has 44 valence electrons. The maximum atomic E-state index is 9.83. The summed E-state index contributed by atoms with van der Waals surface area (Å²) in [5.74, 6) is 0. The Morgan fingerprint density at radius 1 is 2.00 bits per heavy atom. The summed E-state index contributed by atoms with van der Waals surface area (Å²) in [6, 6.07) is 0. The van der Waals surface area contributed by atoms with Gasteiger partial charge in [-0.15, -0.1) is 0 Å². The Morgan fingerprint density at radius 2 is 2.88 bits per heavy atom. The van der Waals surface area contributed by atoms with Crippen molar-refractivity contribution in [3.05, 3.63) is 0 Å². The molecule has 0 bridgehead atoms. The van der Waals surface area contributed by atoms with Gasteiger partial charge in [0.05, 0.1) is 18.3 Å². The third-order valence-corrected chi connectivity index (χ3v) is 1.57. The summed E-state index contributed by atoms with van der Waals surface area (Å²) in [5, 5.41) is 3.09.